The molecule has 0 aliphatic carbocycles. The van der Waals surface area contributed by atoms with Gasteiger partial charge in [0.2, 0.25) is 0 Å². The van der Waals surface area contributed by atoms with Crippen molar-refractivity contribution >= 4 is 9.28 Å². The van der Waals surface area contributed by atoms with Gasteiger partial charge >= 0.3 is 9.28 Å². The molecule has 0 aromatic rings. The Balaban J connectivity index is 4.33. The van der Waals surface area contributed by atoms with Crippen molar-refractivity contribution in [3.8, 4) is 0 Å². The van der Waals surface area contributed by atoms with E-state index in [0.29, 0.717) is 11.0 Å². The SMILES string of the molecule is CCO[SiH](OCC)C(C)C(C)(C)CC. The van der Waals surface area contributed by atoms with E-state index in [9.17, 15) is 0 Å². The van der Waals surface area contributed by atoms with Crippen molar-refractivity contribution in [3.05, 3.63) is 0 Å². The van der Waals surface area contributed by atoms with Crippen LogP contribution in [-0.2, 0) is 8.85 Å². The van der Waals surface area contributed by atoms with E-state index >= 15 is 0 Å². The van der Waals surface area contributed by atoms with Gasteiger partial charge in [0.1, 0.15) is 0 Å². The molecule has 86 valence electrons. The van der Waals surface area contributed by atoms with Crippen LogP contribution in [0.25, 0.3) is 0 Å². The van der Waals surface area contributed by atoms with Gasteiger partial charge < -0.3 is 8.85 Å². The van der Waals surface area contributed by atoms with Crippen LogP contribution < -0.4 is 0 Å². The third-order valence-electron chi connectivity index (χ3n) is 3.21. The van der Waals surface area contributed by atoms with Crippen LogP contribution in [0, 0.1) is 5.41 Å². The predicted molar refractivity (Wildman–Crippen MR) is 63.9 cm³/mol. The molecule has 0 rings (SSSR count). The van der Waals surface area contributed by atoms with E-state index < -0.39 is 9.28 Å². The fourth-order valence-corrected chi connectivity index (χ4v) is 3.66. The van der Waals surface area contributed by atoms with Crippen molar-refractivity contribution in [1.82, 2.24) is 0 Å². The van der Waals surface area contributed by atoms with Crippen molar-refractivity contribution < 1.29 is 8.85 Å². The van der Waals surface area contributed by atoms with E-state index in [4.69, 9.17) is 8.85 Å². The molecule has 14 heavy (non-hydrogen) atoms. The lowest BCUT2D eigenvalue weighted by atomic mass is 9.87. The monoisotopic (exact) mass is 218 g/mol. The fourth-order valence-electron chi connectivity index (χ4n) is 1.36. The summed E-state index contributed by atoms with van der Waals surface area (Å²) in [5, 5.41) is 0. The van der Waals surface area contributed by atoms with Gasteiger partial charge in [-0.05, 0) is 19.3 Å². The number of rotatable bonds is 7. The van der Waals surface area contributed by atoms with E-state index in [0.717, 1.165) is 13.2 Å². The average molecular weight is 218 g/mol. The molecule has 0 radical (unpaired) electrons. The third kappa shape index (κ3) is 4.11. The molecule has 0 aliphatic rings. The van der Waals surface area contributed by atoms with Crippen molar-refractivity contribution in [2.45, 2.75) is 53.5 Å². The Morgan fingerprint density at radius 2 is 1.50 bits per heavy atom. The maximum Gasteiger partial charge on any atom is 0.324 e. The molecular formula is C11H26O2Si. The van der Waals surface area contributed by atoms with Crippen molar-refractivity contribution in [2.75, 3.05) is 13.2 Å². The van der Waals surface area contributed by atoms with E-state index in [1.165, 1.54) is 6.42 Å². The van der Waals surface area contributed by atoms with Gasteiger partial charge in [0, 0.05) is 18.8 Å². The molecule has 0 amide bonds. The van der Waals surface area contributed by atoms with Gasteiger partial charge in [0.15, 0.2) is 0 Å². The summed E-state index contributed by atoms with van der Waals surface area (Å²) < 4.78 is 11.5. The first kappa shape index (κ1) is 14.1. The second-order valence-corrected chi connectivity index (χ2v) is 6.81. The van der Waals surface area contributed by atoms with Crippen LogP contribution >= 0.6 is 0 Å². The fraction of sp³-hybridized carbons (Fsp3) is 1.00. The first-order valence-corrected chi connectivity index (χ1v) is 7.33. The zero-order valence-corrected chi connectivity index (χ0v) is 11.7. The highest BCUT2D eigenvalue weighted by atomic mass is 28.3. The molecule has 3 heteroatoms. The van der Waals surface area contributed by atoms with Crippen LogP contribution in [0.15, 0.2) is 0 Å². The molecule has 0 saturated carbocycles. The smallest absolute Gasteiger partial charge is 0.324 e. The molecule has 0 heterocycles. The van der Waals surface area contributed by atoms with Crippen LogP contribution in [0.2, 0.25) is 5.54 Å². The lowest BCUT2D eigenvalue weighted by Gasteiger charge is -2.34. The largest absolute Gasteiger partial charge is 0.397 e. The van der Waals surface area contributed by atoms with Gasteiger partial charge in [-0.3, -0.25) is 0 Å². The Bertz CT molecular complexity index is 142. The molecular weight excluding hydrogens is 192 g/mol. The minimum atomic E-state index is -1.47. The van der Waals surface area contributed by atoms with Crippen LogP contribution in [0.3, 0.4) is 0 Å². The van der Waals surface area contributed by atoms with Crippen LogP contribution in [-0.4, -0.2) is 22.5 Å². The topological polar surface area (TPSA) is 18.5 Å². The van der Waals surface area contributed by atoms with Crippen molar-refractivity contribution in [1.29, 1.82) is 0 Å². The molecule has 0 aromatic carbocycles. The molecule has 0 bridgehead atoms. The molecule has 0 fully saturated rings. The maximum absolute atomic E-state index is 5.75. The van der Waals surface area contributed by atoms with E-state index in [1.54, 1.807) is 0 Å². The van der Waals surface area contributed by atoms with Gasteiger partial charge in [-0.15, -0.1) is 0 Å². The van der Waals surface area contributed by atoms with Crippen molar-refractivity contribution in [2.24, 2.45) is 5.41 Å². The minimum Gasteiger partial charge on any atom is -0.397 e. The molecule has 1 unspecified atom stereocenters. The first-order valence-electron chi connectivity index (χ1n) is 5.72. The summed E-state index contributed by atoms with van der Waals surface area (Å²) in [4.78, 5) is 0. The summed E-state index contributed by atoms with van der Waals surface area (Å²) in [6, 6.07) is 0. The molecule has 0 aromatic heterocycles. The van der Waals surface area contributed by atoms with Gasteiger partial charge in [-0.1, -0.05) is 34.1 Å². The van der Waals surface area contributed by atoms with Crippen LogP contribution in [0.1, 0.15) is 48.0 Å². The second-order valence-electron chi connectivity index (χ2n) is 4.41. The van der Waals surface area contributed by atoms with E-state index in [-0.39, 0.29) is 0 Å². The number of hydrogen-bond donors (Lipinski definition) is 0. The van der Waals surface area contributed by atoms with E-state index in [2.05, 4.69) is 27.7 Å². The minimum absolute atomic E-state index is 0.335. The zero-order chi connectivity index (χ0) is 11.2. The summed E-state index contributed by atoms with van der Waals surface area (Å²) in [6.07, 6.45) is 1.18. The lowest BCUT2D eigenvalue weighted by molar-refractivity contribution is 0.177. The van der Waals surface area contributed by atoms with Gasteiger partial charge in [-0.2, -0.15) is 0 Å². The Morgan fingerprint density at radius 1 is 1.07 bits per heavy atom. The standard InChI is InChI=1S/C11H26O2Si/c1-7-11(5,6)10(4)14(12-8-2)13-9-3/h10,14H,7-9H2,1-6H3. The van der Waals surface area contributed by atoms with Gasteiger partial charge in [-0.25, -0.2) is 0 Å². The van der Waals surface area contributed by atoms with Crippen LogP contribution in [0.4, 0.5) is 0 Å². The molecule has 0 N–H and O–H groups in total. The Kier molecular flexibility index (Phi) is 6.65. The Morgan fingerprint density at radius 3 is 1.79 bits per heavy atom. The molecule has 0 spiro atoms. The summed E-state index contributed by atoms with van der Waals surface area (Å²) in [7, 11) is -1.47. The zero-order valence-electron chi connectivity index (χ0n) is 10.6. The highest BCUT2D eigenvalue weighted by Crippen LogP contribution is 2.37. The summed E-state index contributed by atoms with van der Waals surface area (Å²) in [5.74, 6) is 0. The first-order chi connectivity index (χ1) is 6.49. The molecule has 0 aliphatic heterocycles. The Hall–Kier alpha value is 0.137. The lowest BCUT2D eigenvalue weighted by Crippen LogP contribution is -2.35. The maximum atomic E-state index is 5.75. The molecule has 1 atom stereocenters. The summed E-state index contributed by atoms with van der Waals surface area (Å²) in [6.45, 7) is 14.8. The summed E-state index contributed by atoms with van der Waals surface area (Å²) in [5.41, 5.74) is 0.897. The average Bonchev–Trinajstić information content (AvgIpc) is 2.16. The molecule has 2 nitrogen and oxygen atoms in total. The van der Waals surface area contributed by atoms with E-state index in [1.807, 2.05) is 13.8 Å². The predicted octanol–water partition coefficient (Wildman–Crippen LogP) is 3.11. The highest BCUT2D eigenvalue weighted by molar-refractivity contribution is 6.46. The normalized spacial score (nSPS) is 14.8. The Labute approximate surface area is 90.8 Å². The summed E-state index contributed by atoms with van der Waals surface area (Å²) >= 11 is 0. The van der Waals surface area contributed by atoms with Crippen molar-refractivity contribution in [3.63, 3.8) is 0 Å². The third-order valence-corrected chi connectivity index (χ3v) is 6.26. The van der Waals surface area contributed by atoms with Gasteiger partial charge in [0.25, 0.3) is 0 Å². The van der Waals surface area contributed by atoms with Gasteiger partial charge in [0.05, 0.1) is 0 Å². The highest BCUT2D eigenvalue weighted by Gasteiger charge is 2.33. The number of hydrogen-bond acceptors (Lipinski definition) is 2. The van der Waals surface area contributed by atoms with Crippen LogP contribution in [0.5, 0.6) is 0 Å². The molecule has 0 saturated heterocycles. The quantitative estimate of drug-likeness (QED) is 0.611. The second kappa shape index (κ2) is 6.59.